The first-order valence-electron chi connectivity index (χ1n) is 10.3. The molecule has 2 heterocycles. The zero-order valence-corrected chi connectivity index (χ0v) is 18.0. The van der Waals surface area contributed by atoms with Crippen molar-refractivity contribution in [1.29, 1.82) is 0 Å². The van der Waals surface area contributed by atoms with Crippen molar-refractivity contribution in [2.24, 2.45) is 5.10 Å². The normalized spacial score (nSPS) is 14.9. The van der Waals surface area contributed by atoms with Gasteiger partial charge < -0.3 is 10.2 Å². The molecular weight excluding hydrogens is 452 g/mol. The third-order valence-corrected chi connectivity index (χ3v) is 4.98. The minimum Gasteiger partial charge on any atom is -0.477 e. The number of carbonyl (C=O) groups excluding carboxylic acids is 1. The average molecular weight is 470 g/mol. The smallest absolute Gasteiger partial charge is 0.357 e. The van der Waals surface area contributed by atoms with E-state index in [1.165, 1.54) is 30.4 Å². The highest BCUT2D eigenvalue weighted by molar-refractivity contribution is 6.52. The molecule has 10 nitrogen and oxygen atoms in total. The van der Waals surface area contributed by atoms with Crippen LogP contribution in [0, 0.1) is 0 Å². The molecule has 0 unspecified atom stereocenters. The van der Waals surface area contributed by atoms with Gasteiger partial charge in [-0.15, -0.1) is 0 Å². The van der Waals surface area contributed by atoms with Crippen LogP contribution in [0.1, 0.15) is 16.1 Å². The zero-order valence-electron chi connectivity index (χ0n) is 18.0. The number of carboxylic acid groups (broad SMARTS) is 2. The standard InChI is InChI=1S/C25H18N4O6/c30-22-18(20(24(32)33)26-28(22)16-10-4-1-5-11-16)14-8-3-9-15-19-21(25(34)35)27-29(23(19)31)17-12-6-2-7-13-17/h1-15,26H,(H,32,33)(H,34,35)/b9-3+,14-8+,19-15+. The number of para-hydroxylation sites is 2. The largest absolute Gasteiger partial charge is 0.477 e. The van der Waals surface area contributed by atoms with Crippen molar-refractivity contribution in [3.63, 3.8) is 0 Å². The maximum Gasteiger partial charge on any atom is 0.357 e. The minimum atomic E-state index is -1.35. The Morgan fingerprint density at radius 2 is 1.46 bits per heavy atom. The number of aromatic nitrogens is 2. The molecule has 0 atom stereocenters. The van der Waals surface area contributed by atoms with E-state index in [0.29, 0.717) is 11.4 Å². The van der Waals surface area contributed by atoms with Crippen LogP contribution in [0.25, 0.3) is 11.8 Å². The first-order chi connectivity index (χ1) is 16.9. The Balaban J connectivity index is 1.59. The molecule has 0 radical (unpaired) electrons. The van der Waals surface area contributed by atoms with Crippen LogP contribution in [0.5, 0.6) is 0 Å². The Labute approximate surface area is 198 Å². The Morgan fingerprint density at radius 3 is 2.06 bits per heavy atom. The molecule has 4 rings (SSSR count). The number of carbonyl (C=O) groups is 3. The Morgan fingerprint density at radius 1 is 0.829 bits per heavy atom. The molecule has 35 heavy (non-hydrogen) atoms. The molecule has 0 fully saturated rings. The summed E-state index contributed by atoms with van der Waals surface area (Å²) in [5, 5.41) is 26.4. The quantitative estimate of drug-likeness (QED) is 0.358. The first-order valence-corrected chi connectivity index (χ1v) is 10.3. The number of hydrazone groups is 1. The van der Waals surface area contributed by atoms with Gasteiger partial charge in [0.15, 0.2) is 11.4 Å². The average Bonchev–Trinajstić information content (AvgIpc) is 3.37. The number of nitrogens with zero attached hydrogens (tertiary/aromatic N) is 3. The summed E-state index contributed by atoms with van der Waals surface area (Å²) in [6.07, 6.45) is 6.86. The molecule has 0 bridgehead atoms. The lowest BCUT2D eigenvalue weighted by atomic mass is 10.1. The molecule has 2 aromatic carbocycles. The molecule has 0 aliphatic carbocycles. The fourth-order valence-corrected chi connectivity index (χ4v) is 3.36. The summed E-state index contributed by atoms with van der Waals surface area (Å²) < 4.78 is 1.12. The molecule has 1 aliphatic heterocycles. The summed E-state index contributed by atoms with van der Waals surface area (Å²) in [6, 6.07) is 16.9. The fraction of sp³-hybridized carbons (Fsp3) is 0. The van der Waals surface area contributed by atoms with E-state index in [9.17, 15) is 29.4 Å². The molecular formula is C25H18N4O6. The highest BCUT2D eigenvalue weighted by Crippen LogP contribution is 2.23. The van der Waals surface area contributed by atoms with Crippen molar-refractivity contribution >= 4 is 35.3 Å². The van der Waals surface area contributed by atoms with Crippen molar-refractivity contribution in [1.82, 2.24) is 9.78 Å². The van der Waals surface area contributed by atoms with Gasteiger partial charge in [0.25, 0.3) is 11.5 Å². The maximum absolute atomic E-state index is 12.7. The highest BCUT2D eigenvalue weighted by Gasteiger charge is 2.34. The monoisotopic (exact) mass is 470 g/mol. The maximum atomic E-state index is 12.7. The number of rotatable bonds is 7. The SMILES string of the molecule is O=C(O)C1=NN(c2ccccc2)C(=O)/C1=C/C=C/C=C/c1c(C(=O)O)[nH]n(-c2ccccc2)c1=O. The first kappa shape index (κ1) is 22.9. The number of benzene rings is 2. The topological polar surface area (TPSA) is 145 Å². The van der Waals surface area contributed by atoms with E-state index in [2.05, 4.69) is 10.2 Å². The van der Waals surface area contributed by atoms with Crippen molar-refractivity contribution < 1.29 is 24.6 Å². The van der Waals surface area contributed by atoms with Gasteiger partial charge in [0.1, 0.15) is 0 Å². The van der Waals surface area contributed by atoms with Gasteiger partial charge in [-0.1, -0.05) is 54.6 Å². The van der Waals surface area contributed by atoms with Crippen LogP contribution < -0.4 is 10.6 Å². The van der Waals surface area contributed by atoms with Crippen molar-refractivity contribution in [3.8, 4) is 5.69 Å². The van der Waals surface area contributed by atoms with E-state index in [1.54, 1.807) is 60.7 Å². The molecule has 1 aliphatic rings. The number of aliphatic carboxylic acids is 1. The third kappa shape index (κ3) is 4.62. The summed E-state index contributed by atoms with van der Waals surface area (Å²) >= 11 is 0. The van der Waals surface area contributed by atoms with Crippen LogP contribution >= 0.6 is 0 Å². The number of hydrogen-bond acceptors (Lipinski definition) is 5. The van der Waals surface area contributed by atoms with Gasteiger partial charge in [0, 0.05) is 0 Å². The molecule has 1 amide bonds. The van der Waals surface area contributed by atoms with Crippen LogP contribution in [0.4, 0.5) is 5.69 Å². The van der Waals surface area contributed by atoms with E-state index < -0.39 is 29.1 Å². The number of hydrogen-bond donors (Lipinski definition) is 3. The van der Waals surface area contributed by atoms with Crippen molar-refractivity contribution in [3.05, 3.63) is 112 Å². The zero-order chi connectivity index (χ0) is 24.9. The number of H-pyrrole nitrogens is 1. The fourth-order valence-electron chi connectivity index (χ4n) is 3.36. The second kappa shape index (κ2) is 9.71. The Hall–Kier alpha value is -5.25. The highest BCUT2D eigenvalue weighted by atomic mass is 16.4. The van der Waals surface area contributed by atoms with Gasteiger partial charge in [-0.3, -0.25) is 14.7 Å². The van der Waals surface area contributed by atoms with Crippen LogP contribution in [0.3, 0.4) is 0 Å². The van der Waals surface area contributed by atoms with E-state index in [-0.39, 0.29) is 16.8 Å². The van der Waals surface area contributed by atoms with E-state index in [4.69, 9.17) is 0 Å². The summed E-state index contributed by atoms with van der Waals surface area (Å²) in [7, 11) is 0. The number of amides is 1. The molecule has 174 valence electrons. The lowest BCUT2D eigenvalue weighted by molar-refractivity contribution is -0.129. The Kier molecular flexibility index (Phi) is 6.36. The number of aromatic carboxylic acids is 1. The molecule has 10 heteroatoms. The minimum absolute atomic E-state index is 0.0707. The summed E-state index contributed by atoms with van der Waals surface area (Å²) in [4.78, 5) is 48.7. The molecule has 0 spiro atoms. The van der Waals surface area contributed by atoms with Gasteiger partial charge in [0.2, 0.25) is 0 Å². The number of carboxylic acids is 2. The summed E-state index contributed by atoms with van der Waals surface area (Å²) in [5.74, 6) is -3.26. The molecule has 1 aromatic heterocycles. The van der Waals surface area contributed by atoms with Crippen LogP contribution in [0.15, 0.2) is 100 Å². The molecule has 0 saturated carbocycles. The number of anilines is 1. The molecule has 3 aromatic rings. The summed E-state index contributed by atoms with van der Waals surface area (Å²) in [5.41, 5.74) is -0.538. The number of nitrogens with one attached hydrogen (secondary N) is 1. The predicted octanol–water partition coefficient (Wildman–Crippen LogP) is 2.85. The van der Waals surface area contributed by atoms with Gasteiger partial charge >= 0.3 is 11.9 Å². The Bertz CT molecular complexity index is 1480. The molecule has 0 saturated heterocycles. The van der Waals surface area contributed by atoms with E-state index in [1.807, 2.05) is 0 Å². The van der Waals surface area contributed by atoms with Gasteiger partial charge in [-0.25, -0.2) is 14.3 Å². The lowest BCUT2D eigenvalue weighted by Crippen LogP contribution is -2.22. The van der Waals surface area contributed by atoms with Gasteiger partial charge in [0.05, 0.1) is 22.5 Å². The molecule has 3 N–H and O–H groups in total. The third-order valence-electron chi connectivity index (χ3n) is 4.98. The van der Waals surface area contributed by atoms with Crippen LogP contribution in [-0.2, 0) is 9.59 Å². The van der Waals surface area contributed by atoms with Crippen LogP contribution in [0.2, 0.25) is 0 Å². The van der Waals surface area contributed by atoms with Gasteiger partial charge in [-0.05, 0) is 36.4 Å². The van der Waals surface area contributed by atoms with Gasteiger partial charge in [-0.2, -0.15) is 10.1 Å². The number of aromatic amines is 1. The summed E-state index contributed by atoms with van der Waals surface area (Å²) in [6.45, 7) is 0. The van der Waals surface area contributed by atoms with E-state index in [0.717, 1.165) is 9.69 Å². The predicted molar refractivity (Wildman–Crippen MR) is 129 cm³/mol. The van der Waals surface area contributed by atoms with E-state index >= 15 is 0 Å². The number of allylic oxidation sites excluding steroid dienone is 4. The second-order valence-corrected chi connectivity index (χ2v) is 7.21. The second-order valence-electron chi connectivity index (χ2n) is 7.21. The van der Waals surface area contributed by atoms with Crippen LogP contribution in [-0.4, -0.2) is 43.6 Å². The van der Waals surface area contributed by atoms with Crippen molar-refractivity contribution in [2.75, 3.05) is 5.01 Å². The lowest BCUT2D eigenvalue weighted by Gasteiger charge is -2.10. The van der Waals surface area contributed by atoms with Crippen molar-refractivity contribution in [2.45, 2.75) is 0 Å².